The van der Waals surface area contributed by atoms with Gasteiger partial charge in [0, 0.05) is 0 Å². The van der Waals surface area contributed by atoms with Crippen molar-refractivity contribution in [3.63, 3.8) is 0 Å². The first kappa shape index (κ1) is 10.4. The fraction of sp³-hybridized carbons (Fsp3) is 0.333. The highest BCUT2D eigenvalue weighted by molar-refractivity contribution is 7.85. The van der Waals surface area contributed by atoms with Crippen LogP contribution in [0.2, 0.25) is 10.0 Å². The van der Waals surface area contributed by atoms with E-state index in [1.165, 1.54) is 0 Å². The molecule has 1 fully saturated rings. The maximum absolute atomic E-state index is 11.8. The number of benzene rings is 1. The first-order chi connectivity index (χ1) is 6.68. The van der Waals surface area contributed by atoms with Gasteiger partial charge in [-0.2, -0.15) is 0 Å². The van der Waals surface area contributed by atoms with E-state index < -0.39 is 10.8 Å². The zero-order valence-electron chi connectivity index (χ0n) is 7.20. The summed E-state index contributed by atoms with van der Waals surface area (Å²) in [5.74, 6) is 0.476. The zero-order chi connectivity index (χ0) is 10.1. The van der Waals surface area contributed by atoms with Crippen LogP contribution in [0.5, 0.6) is 0 Å². The quantitative estimate of drug-likeness (QED) is 0.772. The largest absolute Gasteiger partial charge is 0.372 e. The van der Waals surface area contributed by atoms with E-state index in [1.54, 1.807) is 18.2 Å². The summed E-state index contributed by atoms with van der Waals surface area (Å²) in [6.07, 6.45) is 0.114. The Labute approximate surface area is 94.6 Å². The molecule has 0 saturated carbocycles. The van der Waals surface area contributed by atoms with Gasteiger partial charge in [-0.1, -0.05) is 29.3 Å². The van der Waals surface area contributed by atoms with Gasteiger partial charge in [0.25, 0.3) is 0 Å². The van der Waals surface area contributed by atoms with Gasteiger partial charge in [-0.3, -0.25) is 4.21 Å². The monoisotopic (exact) mass is 250 g/mol. The number of hydrogen-bond donors (Lipinski definition) is 0. The number of epoxide rings is 1. The van der Waals surface area contributed by atoms with Gasteiger partial charge in [0.15, 0.2) is 0 Å². The molecule has 76 valence electrons. The number of rotatable bonds is 3. The van der Waals surface area contributed by atoms with E-state index in [0.717, 1.165) is 0 Å². The molecule has 5 heteroatoms. The van der Waals surface area contributed by atoms with Crippen LogP contribution in [0.3, 0.4) is 0 Å². The molecular formula is C9H8Cl2O2S. The molecule has 14 heavy (non-hydrogen) atoms. The van der Waals surface area contributed by atoms with E-state index in [-0.39, 0.29) is 6.10 Å². The summed E-state index contributed by atoms with van der Waals surface area (Å²) in [5, 5.41) is 0.910. The van der Waals surface area contributed by atoms with Crippen LogP contribution < -0.4 is 0 Å². The fourth-order valence-electron chi connectivity index (χ4n) is 1.12. The van der Waals surface area contributed by atoms with Crippen LogP contribution in [0.1, 0.15) is 0 Å². The molecule has 2 rings (SSSR count). The van der Waals surface area contributed by atoms with E-state index in [9.17, 15) is 4.21 Å². The Kier molecular flexibility index (Phi) is 3.12. The van der Waals surface area contributed by atoms with Crippen LogP contribution in [0.25, 0.3) is 0 Å². The fourth-order valence-corrected chi connectivity index (χ4v) is 3.30. The number of ether oxygens (including phenoxy) is 1. The lowest BCUT2D eigenvalue weighted by molar-refractivity contribution is 0.425. The van der Waals surface area contributed by atoms with Gasteiger partial charge in [-0.15, -0.1) is 0 Å². The van der Waals surface area contributed by atoms with Crippen molar-refractivity contribution >= 4 is 34.0 Å². The molecule has 0 amide bonds. The molecule has 2 unspecified atom stereocenters. The molecule has 1 aromatic carbocycles. The van der Waals surface area contributed by atoms with Gasteiger partial charge < -0.3 is 4.74 Å². The molecule has 2 atom stereocenters. The third-order valence-electron chi connectivity index (χ3n) is 1.89. The van der Waals surface area contributed by atoms with E-state index in [1.807, 2.05) is 0 Å². The van der Waals surface area contributed by atoms with Gasteiger partial charge in [-0.05, 0) is 12.1 Å². The van der Waals surface area contributed by atoms with Crippen LogP contribution in [0.4, 0.5) is 0 Å². The summed E-state index contributed by atoms with van der Waals surface area (Å²) in [7, 11) is -1.16. The second-order valence-corrected chi connectivity index (χ2v) is 5.27. The summed E-state index contributed by atoms with van der Waals surface area (Å²) in [4.78, 5) is 0.520. The first-order valence-electron chi connectivity index (χ1n) is 4.12. The minimum absolute atomic E-state index is 0.114. The lowest BCUT2D eigenvalue weighted by atomic mass is 10.4. The Morgan fingerprint density at radius 3 is 2.50 bits per heavy atom. The predicted molar refractivity (Wildman–Crippen MR) is 57.5 cm³/mol. The minimum atomic E-state index is -1.16. The summed E-state index contributed by atoms with van der Waals surface area (Å²) in [6.45, 7) is 0.688. The van der Waals surface area contributed by atoms with Gasteiger partial charge >= 0.3 is 0 Å². The predicted octanol–water partition coefficient (Wildman–Crippen LogP) is 2.50. The highest BCUT2D eigenvalue weighted by atomic mass is 35.5. The molecule has 0 spiro atoms. The maximum Gasteiger partial charge on any atom is 0.0928 e. The lowest BCUT2D eigenvalue weighted by Gasteiger charge is -2.04. The molecule has 1 heterocycles. The van der Waals surface area contributed by atoms with Crippen molar-refractivity contribution in [3.05, 3.63) is 28.2 Å². The number of halogens is 2. The van der Waals surface area contributed by atoms with Crippen LogP contribution in [0, 0.1) is 0 Å². The Morgan fingerprint density at radius 2 is 2.00 bits per heavy atom. The zero-order valence-corrected chi connectivity index (χ0v) is 9.53. The Balaban J connectivity index is 2.24. The van der Waals surface area contributed by atoms with Gasteiger partial charge in [0.1, 0.15) is 0 Å². The molecule has 1 aromatic rings. The normalized spacial score (nSPS) is 22.0. The average molecular weight is 251 g/mol. The Bertz CT molecular complexity index is 357. The molecule has 0 N–H and O–H groups in total. The molecule has 0 radical (unpaired) electrons. The van der Waals surface area contributed by atoms with Crippen molar-refractivity contribution in [3.8, 4) is 0 Å². The van der Waals surface area contributed by atoms with E-state index in [4.69, 9.17) is 27.9 Å². The van der Waals surface area contributed by atoms with Crippen molar-refractivity contribution < 1.29 is 8.95 Å². The summed E-state index contributed by atoms with van der Waals surface area (Å²) >= 11 is 11.8. The topological polar surface area (TPSA) is 29.6 Å². The van der Waals surface area contributed by atoms with Gasteiger partial charge in [-0.25, -0.2) is 0 Å². The second-order valence-electron chi connectivity index (χ2n) is 3.02. The molecule has 1 aliphatic rings. The van der Waals surface area contributed by atoms with Crippen LogP contribution >= 0.6 is 23.2 Å². The molecule has 2 nitrogen and oxygen atoms in total. The average Bonchev–Trinajstić information content (AvgIpc) is 2.87. The minimum Gasteiger partial charge on any atom is -0.372 e. The summed E-state index contributed by atoms with van der Waals surface area (Å²) < 4.78 is 16.8. The number of hydrogen-bond acceptors (Lipinski definition) is 2. The summed E-state index contributed by atoms with van der Waals surface area (Å²) in [5.41, 5.74) is 0. The van der Waals surface area contributed by atoms with Crippen LogP contribution in [-0.4, -0.2) is 22.7 Å². The maximum atomic E-state index is 11.8. The van der Waals surface area contributed by atoms with Gasteiger partial charge in [0.05, 0.1) is 44.2 Å². The molecular weight excluding hydrogens is 243 g/mol. The van der Waals surface area contributed by atoms with Crippen LogP contribution in [0.15, 0.2) is 23.1 Å². The molecule has 1 aliphatic heterocycles. The van der Waals surface area contributed by atoms with Crippen molar-refractivity contribution in [2.24, 2.45) is 0 Å². The Hall–Kier alpha value is -0.0900. The van der Waals surface area contributed by atoms with Crippen LogP contribution in [-0.2, 0) is 15.5 Å². The third-order valence-corrected chi connectivity index (χ3v) is 4.31. The highest BCUT2D eigenvalue weighted by Gasteiger charge is 2.27. The smallest absolute Gasteiger partial charge is 0.0928 e. The van der Waals surface area contributed by atoms with Gasteiger partial charge in [0.2, 0.25) is 0 Å². The highest BCUT2D eigenvalue weighted by Crippen LogP contribution is 2.29. The Morgan fingerprint density at radius 1 is 1.43 bits per heavy atom. The van der Waals surface area contributed by atoms with E-state index >= 15 is 0 Å². The van der Waals surface area contributed by atoms with Crippen molar-refractivity contribution in [2.45, 2.75) is 11.0 Å². The second kappa shape index (κ2) is 4.19. The van der Waals surface area contributed by atoms with E-state index in [2.05, 4.69) is 0 Å². The molecule has 0 aromatic heterocycles. The lowest BCUT2D eigenvalue weighted by Crippen LogP contribution is -2.05. The van der Waals surface area contributed by atoms with E-state index in [0.29, 0.717) is 27.3 Å². The molecule has 0 aliphatic carbocycles. The summed E-state index contributed by atoms with van der Waals surface area (Å²) in [6, 6.07) is 5.11. The molecule has 0 bridgehead atoms. The standard InChI is InChI=1S/C9H8Cl2O2S/c10-7-2-1-3-8(11)9(7)14(12)5-6-4-13-6/h1-3,6H,4-5H2. The molecule has 1 saturated heterocycles. The van der Waals surface area contributed by atoms with Crippen molar-refractivity contribution in [2.75, 3.05) is 12.4 Å². The van der Waals surface area contributed by atoms with Crippen molar-refractivity contribution in [1.29, 1.82) is 0 Å². The third kappa shape index (κ3) is 2.28. The van der Waals surface area contributed by atoms with Crippen molar-refractivity contribution in [1.82, 2.24) is 0 Å². The first-order valence-corrected chi connectivity index (χ1v) is 6.20. The SMILES string of the molecule is O=S(CC1CO1)c1c(Cl)cccc1Cl.